The van der Waals surface area contributed by atoms with Crippen molar-refractivity contribution in [3.8, 4) is 5.75 Å². The summed E-state index contributed by atoms with van der Waals surface area (Å²) in [4.78, 5) is 25.6. The first-order valence-electron chi connectivity index (χ1n) is 10.00. The van der Waals surface area contributed by atoms with E-state index in [1.165, 1.54) is 0 Å². The summed E-state index contributed by atoms with van der Waals surface area (Å²) in [7, 11) is 1.54. The molecule has 5 nitrogen and oxygen atoms in total. The maximum absolute atomic E-state index is 13.0. The quantitative estimate of drug-likeness (QED) is 0.309. The SMILES string of the molecule is COc1ccc(C(=O)Nc2cc(NC(=O)[C@H]3[C@H](c4cc(Cl)cc(Cl)c4)C3(Cl)Cl)ccc2Cl)cc1. The minimum Gasteiger partial charge on any atom is -0.497 e. The fraction of sp³-hybridized carbons (Fsp3) is 0.167. The number of carbonyl (C=O) groups excluding carboxylic acids is 2. The predicted octanol–water partition coefficient (Wildman–Crippen LogP) is 7.43. The molecule has 0 aliphatic heterocycles. The second-order valence-electron chi connectivity index (χ2n) is 7.70. The van der Waals surface area contributed by atoms with E-state index in [4.69, 9.17) is 62.7 Å². The Morgan fingerprint density at radius 3 is 2.15 bits per heavy atom. The van der Waals surface area contributed by atoms with Crippen molar-refractivity contribution < 1.29 is 14.3 Å². The standard InChI is InChI=1S/C24H17Cl5N2O3/c1-34-17-5-2-12(3-6-17)22(32)31-19-11-16(4-7-18(19)27)30-23(33)21-20(24(21,28)29)13-8-14(25)10-15(26)9-13/h2-11,20-21H,1H3,(H,30,33)(H,31,32)/t20-,21+/m0/s1. The molecule has 1 saturated carbocycles. The third-order valence-electron chi connectivity index (χ3n) is 5.41. The highest BCUT2D eigenvalue weighted by atomic mass is 35.5. The highest BCUT2D eigenvalue weighted by Gasteiger charge is 2.67. The number of halogens is 5. The van der Waals surface area contributed by atoms with Crippen molar-refractivity contribution in [3.05, 3.63) is 86.9 Å². The second kappa shape index (κ2) is 9.84. The van der Waals surface area contributed by atoms with E-state index in [2.05, 4.69) is 10.6 Å². The second-order valence-corrected chi connectivity index (χ2v) is 10.4. The average Bonchev–Trinajstić information content (AvgIpc) is 3.37. The Labute approximate surface area is 221 Å². The number of hydrogen-bond acceptors (Lipinski definition) is 3. The summed E-state index contributed by atoms with van der Waals surface area (Å²) >= 11 is 31.3. The number of anilines is 2. The molecule has 176 valence electrons. The number of methoxy groups -OCH3 is 1. The number of amides is 2. The van der Waals surface area contributed by atoms with Crippen molar-refractivity contribution in [2.45, 2.75) is 10.3 Å². The minimum atomic E-state index is -1.31. The van der Waals surface area contributed by atoms with Gasteiger partial charge in [-0.2, -0.15) is 0 Å². The molecule has 1 fully saturated rings. The van der Waals surface area contributed by atoms with Crippen LogP contribution >= 0.6 is 58.0 Å². The fourth-order valence-electron chi connectivity index (χ4n) is 3.68. The van der Waals surface area contributed by atoms with Gasteiger partial charge in [0.25, 0.3) is 5.91 Å². The summed E-state index contributed by atoms with van der Waals surface area (Å²) in [6.07, 6.45) is 0. The molecule has 0 saturated heterocycles. The summed E-state index contributed by atoms with van der Waals surface area (Å²) in [5.41, 5.74) is 1.84. The van der Waals surface area contributed by atoms with Crippen LogP contribution in [0.5, 0.6) is 5.75 Å². The van der Waals surface area contributed by atoms with Gasteiger partial charge in [0.15, 0.2) is 0 Å². The molecule has 3 aromatic rings. The molecule has 0 spiro atoms. The third-order valence-corrected chi connectivity index (χ3v) is 7.12. The van der Waals surface area contributed by atoms with Gasteiger partial charge in [0.2, 0.25) is 5.91 Å². The molecule has 2 amide bonds. The maximum Gasteiger partial charge on any atom is 0.255 e. The number of ether oxygens (including phenoxy) is 1. The molecule has 0 heterocycles. The van der Waals surface area contributed by atoms with Crippen molar-refractivity contribution in [3.63, 3.8) is 0 Å². The molecule has 34 heavy (non-hydrogen) atoms. The monoisotopic (exact) mass is 556 g/mol. The smallest absolute Gasteiger partial charge is 0.255 e. The number of benzene rings is 3. The van der Waals surface area contributed by atoms with Gasteiger partial charge >= 0.3 is 0 Å². The van der Waals surface area contributed by atoms with Gasteiger partial charge in [0.1, 0.15) is 10.1 Å². The molecule has 1 aliphatic carbocycles. The van der Waals surface area contributed by atoms with Gasteiger partial charge in [0.05, 0.1) is 23.7 Å². The van der Waals surface area contributed by atoms with E-state index in [9.17, 15) is 9.59 Å². The zero-order valence-corrected chi connectivity index (χ0v) is 21.3. The lowest BCUT2D eigenvalue weighted by molar-refractivity contribution is -0.117. The van der Waals surface area contributed by atoms with Gasteiger partial charge in [0, 0.05) is 27.2 Å². The summed E-state index contributed by atoms with van der Waals surface area (Å²) in [5, 5.41) is 6.68. The van der Waals surface area contributed by atoms with Crippen molar-refractivity contribution in [2.24, 2.45) is 5.92 Å². The van der Waals surface area contributed by atoms with Crippen LogP contribution < -0.4 is 15.4 Å². The van der Waals surface area contributed by atoms with Gasteiger partial charge < -0.3 is 15.4 Å². The zero-order valence-electron chi connectivity index (χ0n) is 17.5. The van der Waals surface area contributed by atoms with E-state index in [0.717, 1.165) is 0 Å². The molecule has 1 aliphatic rings. The molecule has 2 N–H and O–H groups in total. The van der Waals surface area contributed by atoms with Crippen LogP contribution in [0.3, 0.4) is 0 Å². The van der Waals surface area contributed by atoms with Gasteiger partial charge in [-0.3, -0.25) is 9.59 Å². The van der Waals surface area contributed by atoms with Crippen molar-refractivity contribution >= 4 is 81.2 Å². The lowest BCUT2D eigenvalue weighted by Crippen LogP contribution is -2.17. The molecular weight excluding hydrogens is 542 g/mol. The molecule has 3 aromatic carbocycles. The first kappa shape index (κ1) is 25.0. The van der Waals surface area contributed by atoms with E-state index >= 15 is 0 Å². The Balaban J connectivity index is 1.48. The van der Waals surface area contributed by atoms with E-state index in [0.29, 0.717) is 43.3 Å². The number of hydrogen-bond donors (Lipinski definition) is 2. The Hall–Kier alpha value is -2.15. The van der Waals surface area contributed by atoms with Gasteiger partial charge in [-0.05, 0) is 66.2 Å². The van der Waals surface area contributed by atoms with Crippen LogP contribution in [0.15, 0.2) is 60.7 Å². The summed E-state index contributed by atoms with van der Waals surface area (Å²) in [6.45, 7) is 0. The Morgan fingerprint density at radius 1 is 0.882 bits per heavy atom. The zero-order chi connectivity index (χ0) is 24.6. The van der Waals surface area contributed by atoms with E-state index in [-0.39, 0.29) is 11.8 Å². The average molecular weight is 559 g/mol. The highest BCUT2D eigenvalue weighted by Crippen LogP contribution is 2.65. The van der Waals surface area contributed by atoms with E-state index in [1.807, 2.05) is 0 Å². The molecular formula is C24H17Cl5N2O3. The Bertz CT molecular complexity index is 1240. The van der Waals surface area contributed by atoms with Gasteiger partial charge in [-0.1, -0.05) is 34.8 Å². The van der Waals surface area contributed by atoms with Crippen LogP contribution in [0.2, 0.25) is 15.1 Å². The van der Waals surface area contributed by atoms with Crippen molar-refractivity contribution in [1.82, 2.24) is 0 Å². The minimum absolute atomic E-state index is 0.307. The van der Waals surface area contributed by atoms with Crippen LogP contribution in [-0.4, -0.2) is 23.3 Å². The fourth-order valence-corrected chi connectivity index (χ4v) is 5.21. The van der Waals surface area contributed by atoms with E-state index < -0.39 is 16.2 Å². The van der Waals surface area contributed by atoms with Crippen LogP contribution in [0.4, 0.5) is 11.4 Å². The highest BCUT2D eigenvalue weighted by molar-refractivity contribution is 6.53. The van der Waals surface area contributed by atoms with Crippen LogP contribution in [0.25, 0.3) is 0 Å². The molecule has 0 radical (unpaired) electrons. The predicted molar refractivity (Wildman–Crippen MR) is 138 cm³/mol. The lowest BCUT2D eigenvalue weighted by atomic mass is 10.1. The van der Waals surface area contributed by atoms with Crippen LogP contribution in [-0.2, 0) is 4.79 Å². The van der Waals surface area contributed by atoms with Gasteiger partial charge in [-0.15, -0.1) is 23.2 Å². The topological polar surface area (TPSA) is 67.4 Å². The Morgan fingerprint density at radius 2 is 1.53 bits per heavy atom. The molecule has 0 unspecified atom stereocenters. The number of carbonyl (C=O) groups is 2. The first-order valence-corrected chi connectivity index (χ1v) is 11.9. The van der Waals surface area contributed by atoms with Gasteiger partial charge in [-0.25, -0.2) is 0 Å². The lowest BCUT2D eigenvalue weighted by Gasteiger charge is -2.11. The summed E-state index contributed by atoms with van der Waals surface area (Å²) in [6, 6.07) is 16.3. The molecule has 2 atom stereocenters. The summed E-state index contributed by atoms with van der Waals surface area (Å²) in [5.74, 6) is -1.33. The summed E-state index contributed by atoms with van der Waals surface area (Å²) < 4.78 is 3.79. The Kier molecular flexibility index (Phi) is 7.22. The van der Waals surface area contributed by atoms with Crippen LogP contribution in [0, 0.1) is 5.92 Å². The third kappa shape index (κ3) is 5.24. The normalized spacial score (nSPS) is 18.2. The van der Waals surface area contributed by atoms with E-state index in [1.54, 1.807) is 67.8 Å². The molecule has 0 bridgehead atoms. The number of rotatable bonds is 6. The molecule has 4 rings (SSSR count). The first-order chi connectivity index (χ1) is 16.1. The molecule has 10 heteroatoms. The number of nitrogens with one attached hydrogen (secondary N) is 2. The number of alkyl halides is 2. The maximum atomic E-state index is 13.0. The van der Waals surface area contributed by atoms with Crippen LogP contribution in [0.1, 0.15) is 21.8 Å². The van der Waals surface area contributed by atoms with Crippen molar-refractivity contribution in [1.29, 1.82) is 0 Å². The molecule has 0 aromatic heterocycles. The largest absolute Gasteiger partial charge is 0.497 e. The van der Waals surface area contributed by atoms with Crippen molar-refractivity contribution in [2.75, 3.05) is 17.7 Å².